The van der Waals surface area contributed by atoms with Gasteiger partial charge < -0.3 is 14.2 Å². The molecule has 0 radical (unpaired) electrons. The van der Waals surface area contributed by atoms with Gasteiger partial charge in [-0.25, -0.2) is 15.4 Å². The molecule has 0 amide bonds. The average Bonchev–Trinajstić information content (AvgIpc) is 2.66. The van der Waals surface area contributed by atoms with Crippen LogP contribution in [0.2, 0.25) is 0 Å². The highest BCUT2D eigenvalue weighted by Crippen LogP contribution is 2.39. The molecule has 0 unspecified atom stereocenters. The van der Waals surface area contributed by atoms with Gasteiger partial charge in [-0.15, -0.1) is 0 Å². The molecule has 130 valence electrons. The first kappa shape index (κ1) is 16.6. The van der Waals surface area contributed by atoms with Crippen molar-refractivity contribution >= 4 is 16.9 Å². The van der Waals surface area contributed by atoms with Crippen molar-refractivity contribution in [2.24, 2.45) is 5.84 Å². The van der Waals surface area contributed by atoms with E-state index in [4.69, 9.17) is 20.1 Å². The van der Waals surface area contributed by atoms with Gasteiger partial charge in [-0.05, 0) is 12.1 Å². The molecule has 0 aliphatic carbocycles. The number of nitrogens with one attached hydrogen (secondary N) is 1. The number of benzene rings is 2. The lowest BCUT2D eigenvalue weighted by atomic mass is 10.2. The second-order valence-electron chi connectivity index (χ2n) is 5.12. The normalized spacial score (nSPS) is 10.6. The predicted molar refractivity (Wildman–Crippen MR) is 94.8 cm³/mol. The quantitative estimate of drug-likeness (QED) is 0.537. The average molecular weight is 342 g/mol. The molecule has 3 aromatic rings. The summed E-state index contributed by atoms with van der Waals surface area (Å²) in [4.78, 5) is 17.4. The number of ether oxygens (including phenoxy) is 3. The number of hydrazine groups is 1. The van der Waals surface area contributed by atoms with Crippen LogP contribution in [0.3, 0.4) is 0 Å². The van der Waals surface area contributed by atoms with Gasteiger partial charge in [-0.2, -0.15) is 0 Å². The SMILES string of the molecule is COc1cc(-n2c(NN)nc3ccccc3c2=O)cc(OC)c1OC. The summed E-state index contributed by atoms with van der Waals surface area (Å²) in [7, 11) is 4.52. The van der Waals surface area contributed by atoms with Crippen LogP contribution in [-0.4, -0.2) is 30.9 Å². The molecule has 1 heterocycles. The fourth-order valence-electron chi connectivity index (χ4n) is 2.67. The van der Waals surface area contributed by atoms with Gasteiger partial charge in [0.15, 0.2) is 11.5 Å². The fraction of sp³-hybridized carbons (Fsp3) is 0.176. The van der Waals surface area contributed by atoms with E-state index < -0.39 is 0 Å². The summed E-state index contributed by atoms with van der Waals surface area (Å²) in [5.41, 5.74) is 3.22. The lowest BCUT2D eigenvalue weighted by Crippen LogP contribution is -2.26. The monoisotopic (exact) mass is 342 g/mol. The number of para-hydroxylation sites is 1. The lowest BCUT2D eigenvalue weighted by Gasteiger charge is -2.17. The van der Waals surface area contributed by atoms with Gasteiger partial charge in [-0.3, -0.25) is 10.2 Å². The van der Waals surface area contributed by atoms with Crippen molar-refractivity contribution in [3.05, 3.63) is 46.8 Å². The molecule has 3 rings (SSSR count). The Labute approximate surface area is 143 Å². The molecular formula is C17H18N4O4. The smallest absolute Gasteiger partial charge is 0.267 e. The van der Waals surface area contributed by atoms with Crippen LogP contribution >= 0.6 is 0 Å². The van der Waals surface area contributed by atoms with E-state index >= 15 is 0 Å². The molecule has 0 saturated carbocycles. The Morgan fingerprint density at radius 1 is 1.04 bits per heavy atom. The summed E-state index contributed by atoms with van der Waals surface area (Å²) in [6, 6.07) is 10.3. The molecule has 0 fully saturated rings. The first-order valence-electron chi connectivity index (χ1n) is 7.43. The molecule has 0 spiro atoms. The summed E-state index contributed by atoms with van der Waals surface area (Å²) in [6.07, 6.45) is 0. The van der Waals surface area contributed by atoms with E-state index in [1.165, 1.54) is 25.9 Å². The molecule has 1 aromatic heterocycles. The zero-order valence-electron chi connectivity index (χ0n) is 14.1. The van der Waals surface area contributed by atoms with Crippen molar-refractivity contribution in [1.82, 2.24) is 9.55 Å². The summed E-state index contributed by atoms with van der Waals surface area (Å²) < 4.78 is 17.4. The zero-order valence-corrected chi connectivity index (χ0v) is 14.1. The number of hydrogen-bond donors (Lipinski definition) is 2. The maximum Gasteiger partial charge on any atom is 0.267 e. The molecule has 3 N–H and O–H groups in total. The minimum absolute atomic E-state index is 0.193. The van der Waals surface area contributed by atoms with Gasteiger partial charge in [0.2, 0.25) is 11.7 Å². The van der Waals surface area contributed by atoms with E-state index in [0.29, 0.717) is 33.8 Å². The van der Waals surface area contributed by atoms with Crippen LogP contribution in [0.25, 0.3) is 16.6 Å². The first-order chi connectivity index (χ1) is 12.1. The van der Waals surface area contributed by atoms with E-state index in [9.17, 15) is 4.79 Å². The topological polar surface area (TPSA) is 101 Å². The number of hydrogen-bond acceptors (Lipinski definition) is 7. The highest BCUT2D eigenvalue weighted by molar-refractivity contribution is 5.79. The predicted octanol–water partition coefficient (Wildman–Crippen LogP) is 1.70. The minimum Gasteiger partial charge on any atom is -0.493 e. The van der Waals surface area contributed by atoms with Gasteiger partial charge in [0.05, 0.1) is 37.9 Å². The second-order valence-corrected chi connectivity index (χ2v) is 5.12. The number of fused-ring (bicyclic) bond motifs is 1. The number of nitrogens with zero attached hydrogens (tertiary/aromatic N) is 2. The van der Waals surface area contributed by atoms with Crippen LogP contribution in [0, 0.1) is 0 Å². The van der Waals surface area contributed by atoms with Crippen LogP contribution < -0.4 is 31.0 Å². The molecule has 8 heteroatoms. The molecule has 0 aliphatic heterocycles. The third-order valence-electron chi connectivity index (χ3n) is 3.81. The van der Waals surface area contributed by atoms with Gasteiger partial charge in [-0.1, -0.05) is 12.1 Å². The van der Waals surface area contributed by atoms with Crippen LogP contribution in [0.4, 0.5) is 5.95 Å². The summed E-state index contributed by atoms with van der Waals surface area (Å²) in [5, 5.41) is 0.468. The molecule has 0 saturated heterocycles. The number of aromatic nitrogens is 2. The first-order valence-corrected chi connectivity index (χ1v) is 7.43. The van der Waals surface area contributed by atoms with Crippen LogP contribution in [0.1, 0.15) is 0 Å². The number of nitrogens with two attached hydrogens (primary N) is 1. The van der Waals surface area contributed by atoms with Crippen molar-refractivity contribution < 1.29 is 14.2 Å². The Morgan fingerprint density at radius 2 is 1.68 bits per heavy atom. The van der Waals surface area contributed by atoms with Gasteiger partial charge >= 0.3 is 0 Å². The second kappa shape index (κ2) is 6.70. The lowest BCUT2D eigenvalue weighted by molar-refractivity contribution is 0.324. The van der Waals surface area contributed by atoms with Crippen molar-refractivity contribution in [2.75, 3.05) is 26.8 Å². The summed E-state index contributed by atoms with van der Waals surface area (Å²) in [5.74, 6) is 7.04. The molecule has 25 heavy (non-hydrogen) atoms. The van der Waals surface area contributed by atoms with E-state index in [0.717, 1.165) is 0 Å². The number of methoxy groups -OCH3 is 3. The van der Waals surface area contributed by atoms with Gasteiger partial charge in [0, 0.05) is 12.1 Å². The number of nitrogen functional groups attached to an aromatic ring is 1. The minimum atomic E-state index is -0.271. The van der Waals surface area contributed by atoms with E-state index in [1.807, 2.05) is 0 Å². The molecule has 0 atom stereocenters. The molecule has 8 nitrogen and oxygen atoms in total. The van der Waals surface area contributed by atoms with Crippen molar-refractivity contribution in [3.8, 4) is 22.9 Å². The van der Waals surface area contributed by atoms with Crippen LogP contribution in [0.5, 0.6) is 17.2 Å². The molecule has 0 bridgehead atoms. The van der Waals surface area contributed by atoms with E-state index in [1.54, 1.807) is 36.4 Å². The largest absolute Gasteiger partial charge is 0.493 e. The summed E-state index contributed by atoms with van der Waals surface area (Å²) >= 11 is 0. The summed E-state index contributed by atoms with van der Waals surface area (Å²) in [6.45, 7) is 0. The zero-order chi connectivity index (χ0) is 18.0. The van der Waals surface area contributed by atoms with Crippen LogP contribution in [0.15, 0.2) is 41.2 Å². The van der Waals surface area contributed by atoms with E-state index in [2.05, 4.69) is 10.4 Å². The van der Waals surface area contributed by atoms with Crippen LogP contribution in [-0.2, 0) is 0 Å². The maximum absolute atomic E-state index is 13.0. The highest BCUT2D eigenvalue weighted by Gasteiger charge is 2.18. The Morgan fingerprint density at radius 3 is 2.24 bits per heavy atom. The van der Waals surface area contributed by atoms with Crippen molar-refractivity contribution in [2.45, 2.75) is 0 Å². The van der Waals surface area contributed by atoms with Crippen molar-refractivity contribution in [3.63, 3.8) is 0 Å². The van der Waals surface area contributed by atoms with Gasteiger partial charge in [0.1, 0.15) is 0 Å². The standard InChI is InChI=1S/C17H18N4O4/c1-23-13-8-10(9-14(24-2)15(13)25-3)21-16(22)11-6-4-5-7-12(11)19-17(21)20-18/h4-9H,18H2,1-3H3,(H,19,20). The third-order valence-corrected chi connectivity index (χ3v) is 3.81. The third kappa shape index (κ3) is 2.72. The molecule has 0 aliphatic rings. The molecular weight excluding hydrogens is 324 g/mol. The number of anilines is 1. The van der Waals surface area contributed by atoms with Gasteiger partial charge in [0.25, 0.3) is 5.56 Å². The van der Waals surface area contributed by atoms with Crippen molar-refractivity contribution in [1.29, 1.82) is 0 Å². The Kier molecular flexibility index (Phi) is 4.44. The Bertz CT molecular complexity index is 959. The molecule has 2 aromatic carbocycles. The van der Waals surface area contributed by atoms with E-state index in [-0.39, 0.29) is 11.5 Å². The highest BCUT2D eigenvalue weighted by atomic mass is 16.5. The maximum atomic E-state index is 13.0. The Balaban J connectivity index is 2.36. The Hall–Kier alpha value is -3.26. The number of rotatable bonds is 5. The fourth-order valence-corrected chi connectivity index (χ4v) is 2.67.